The maximum atomic E-state index is 6.92. The number of benzene rings is 1. The van der Waals surface area contributed by atoms with Gasteiger partial charge in [0.25, 0.3) is 0 Å². The summed E-state index contributed by atoms with van der Waals surface area (Å²) >= 11 is 0. The van der Waals surface area contributed by atoms with E-state index in [0.717, 1.165) is 35.7 Å². The van der Waals surface area contributed by atoms with Crippen LogP contribution in [0.3, 0.4) is 0 Å². The lowest BCUT2D eigenvalue weighted by molar-refractivity contribution is -0.0324. The summed E-state index contributed by atoms with van der Waals surface area (Å²) in [6, 6.07) is 3.94. The first kappa shape index (κ1) is 32.5. The van der Waals surface area contributed by atoms with Crippen LogP contribution in [0.5, 0.6) is 17.2 Å². The van der Waals surface area contributed by atoms with Gasteiger partial charge in [-0.25, -0.2) is 0 Å². The van der Waals surface area contributed by atoms with Crippen molar-refractivity contribution < 1.29 is 23.4 Å². The van der Waals surface area contributed by atoms with Crippen LogP contribution in [-0.4, -0.2) is 47.0 Å². The molecule has 1 rings (SSSR count). The first-order valence-corrected chi connectivity index (χ1v) is 16.3. The second-order valence-electron chi connectivity index (χ2n) is 12.2. The molecular weight excluding hydrogens is 468 g/mol. The maximum absolute atomic E-state index is 6.92. The lowest BCUT2D eigenvalue weighted by atomic mass is 9.89. The molecular formula is C30H54O5Si. The quantitative estimate of drug-likeness (QED) is 0.172. The third-order valence-corrected chi connectivity index (χ3v) is 11.6. The van der Waals surface area contributed by atoms with E-state index in [4.69, 9.17) is 23.4 Å². The van der Waals surface area contributed by atoms with E-state index in [2.05, 4.69) is 54.3 Å². The van der Waals surface area contributed by atoms with E-state index < -0.39 is 8.32 Å². The topological polar surface area (TPSA) is 46.2 Å². The van der Waals surface area contributed by atoms with Crippen LogP contribution in [0, 0.1) is 11.8 Å². The fourth-order valence-corrected chi connectivity index (χ4v) is 5.48. The van der Waals surface area contributed by atoms with Crippen molar-refractivity contribution in [3.63, 3.8) is 0 Å². The van der Waals surface area contributed by atoms with Crippen LogP contribution in [0.2, 0.25) is 18.1 Å². The van der Waals surface area contributed by atoms with Crippen molar-refractivity contribution in [2.75, 3.05) is 14.2 Å². The minimum Gasteiger partial charge on any atom is -0.492 e. The molecule has 0 amide bonds. The van der Waals surface area contributed by atoms with Crippen molar-refractivity contribution in [2.24, 2.45) is 11.8 Å². The minimum atomic E-state index is -2.00. The third kappa shape index (κ3) is 9.11. The molecule has 0 aliphatic rings. The second-order valence-corrected chi connectivity index (χ2v) is 16.9. The zero-order chi connectivity index (χ0) is 27.8. The molecule has 208 valence electrons. The minimum absolute atomic E-state index is 0.0487. The summed E-state index contributed by atoms with van der Waals surface area (Å²) in [7, 11) is 1.49. The molecule has 0 saturated carbocycles. The Bertz CT molecular complexity index is 812. The highest BCUT2D eigenvalue weighted by molar-refractivity contribution is 6.74. The van der Waals surface area contributed by atoms with Gasteiger partial charge in [0.05, 0.1) is 31.5 Å². The molecule has 0 aliphatic heterocycles. The summed E-state index contributed by atoms with van der Waals surface area (Å²) in [6.45, 7) is 28.0. The molecule has 0 radical (unpaired) electrons. The van der Waals surface area contributed by atoms with Crippen molar-refractivity contribution >= 4 is 8.32 Å². The zero-order valence-electron chi connectivity index (χ0n) is 25.4. The van der Waals surface area contributed by atoms with Crippen molar-refractivity contribution in [3.8, 4) is 17.2 Å². The molecule has 0 saturated heterocycles. The Morgan fingerprint density at radius 3 is 1.89 bits per heavy atom. The maximum Gasteiger partial charge on any atom is 0.192 e. The van der Waals surface area contributed by atoms with Crippen LogP contribution in [0.4, 0.5) is 0 Å². The Morgan fingerprint density at radius 1 is 0.917 bits per heavy atom. The van der Waals surface area contributed by atoms with E-state index >= 15 is 0 Å². The van der Waals surface area contributed by atoms with E-state index in [9.17, 15) is 0 Å². The van der Waals surface area contributed by atoms with Crippen LogP contribution in [0.15, 0.2) is 24.8 Å². The van der Waals surface area contributed by atoms with Gasteiger partial charge in [0.1, 0.15) is 5.75 Å². The SMILES string of the molecule is C=CC(C)[C@@H](O[Si](C)(C)C(C)(C)C)[C@H](CC(C)Cc1c(OC(C)C)ccc(OC(C)C)c1OC)OC. The first-order chi connectivity index (χ1) is 16.6. The summed E-state index contributed by atoms with van der Waals surface area (Å²) in [5.41, 5.74) is 1.03. The van der Waals surface area contributed by atoms with Crippen molar-refractivity contribution in [1.29, 1.82) is 0 Å². The van der Waals surface area contributed by atoms with Crippen molar-refractivity contribution in [1.82, 2.24) is 0 Å². The normalized spacial score (nSPS) is 16.0. The van der Waals surface area contributed by atoms with Gasteiger partial charge in [-0.05, 0) is 76.7 Å². The van der Waals surface area contributed by atoms with E-state index in [-0.39, 0.29) is 41.3 Å². The molecule has 36 heavy (non-hydrogen) atoms. The highest BCUT2D eigenvalue weighted by Crippen LogP contribution is 2.42. The van der Waals surface area contributed by atoms with Crippen LogP contribution in [0.25, 0.3) is 0 Å². The van der Waals surface area contributed by atoms with Crippen LogP contribution < -0.4 is 14.2 Å². The molecule has 0 aliphatic carbocycles. The van der Waals surface area contributed by atoms with Gasteiger partial charge in [-0.2, -0.15) is 0 Å². The largest absolute Gasteiger partial charge is 0.492 e. The fraction of sp³-hybridized carbons (Fsp3) is 0.733. The number of hydrogen-bond acceptors (Lipinski definition) is 5. The summed E-state index contributed by atoms with van der Waals surface area (Å²) < 4.78 is 31.1. The molecule has 1 aromatic rings. The molecule has 0 aromatic heterocycles. The number of rotatable bonds is 15. The Hall–Kier alpha value is -1.50. The van der Waals surface area contributed by atoms with E-state index in [1.807, 2.05) is 45.9 Å². The average molecular weight is 523 g/mol. The second kappa shape index (κ2) is 13.9. The van der Waals surface area contributed by atoms with Gasteiger partial charge >= 0.3 is 0 Å². The van der Waals surface area contributed by atoms with Gasteiger partial charge in [-0.3, -0.25) is 0 Å². The number of ether oxygens (including phenoxy) is 4. The molecule has 0 fully saturated rings. The fourth-order valence-electron chi connectivity index (χ4n) is 4.08. The predicted octanol–water partition coefficient (Wildman–Crippen LogP) is 8.07. The average Bonchev–Trinajstić information content (AvgIpc) is 2.75. The lowest BCUT2D eigenvalue weighted by Crippen LogP contribution is -2.49. The summed E-state index contributed by atoms with van der Waals surface area (Å²) in [6.07, 6.45) is 3.59. The monoisotopic (exact) mass is 522 g/mol. The number of hydrogen-bond donors (Lipinski definition) is 0. The molecule has 4 atom stereocenters. The molecule has 0 N–H and O–H groups in total. The molecule has 0 heterocycles. The molecule has 6 heteroatoms. The smallest absolute Gasteiger partial charge is 0.192 e. The molecule has 0 spiro atoms. The Balaban J connectivity index is 3.31. The van der Waals surface area contributed by atoms with Gasteiger partial charge in [0.2, 0.25) is 0 Å². The van der Waals surface area contributed by atoms with E-state index in [1.165, 1.54) is 0 Å². The van der Waals surface area contributed by atoms with Gasteiger partial charge in [-0.1, -0.05) is 40.7 Å². The Morgan fingerprint density at radius 2 is 1.44 bits per heavy atom. The standard InChI is InChI=1S/C30H54O5Si/c1-15-23(7)28(35-36(13,14)30(8,9)10)27(31-11)19-22(6)18-24-25(33-20(2)3)16-17-26(29(24)32-12)34-21(4)5/h15-17,20-23,27-28H,1,18-19H2,2-14H3/t22?,23?,27-,28+/m0/s1. The van der Waals surface area contributed by atoms with E-state index in [1.54, 1.807) is 14.2 Å². The van der Waals surface area contributed by atoms with Crippen LogP contribution in [-0.2, 0) is 15.6 Å². The van der Waals surface area contributed by atoms with Crippen molar-refractivity contribution in [2.45, 2.75) is 118 Å². The highest BCUT2D eigenvalue weighted by Gasteiger charge is 2.42. The number of methoxy groups -OCH3 is 2. The molecule has 1 aromatic carbocycles. The molecule has 5 nitrogen and oxygen atoms in total. The summed E-state index contributed by atoms with van der Waals surface area (Å²) in [5.74, 6) is 2.79. The van der Waals surface area contributed by atoms with Gasteiger partial charge in [0.15, 0.2) is 19.8 Å². The molecule has 2 unspecified atom stereocenters. The zero-order valence-corrected chi connectivity index (χ0v) is 26.4. The Kier molecular flexibility index (Phi) is 12.5. The third-order valence-electron chi connectivity index (χ3n) is 7.09. The highest BCUT2D eigenvalue weighted by atomic mass is 28.4. The van der Waals surface area contributed by atoms with E-state index in [0.29, 0.717) is 0 Å². The summed E-state index contributed by atoms with van der Waals surface area (Å²) in [5, 5.41) is 0.114. The van der Waals surface area contributed by atoms with Crippen molar-refractivity contribution in [3.05, 3.63) is 30.4 Å². The lowest BCUT2D eigenvalue weighted by Gasteiger charge is -2.43. The van der Waals surface area contributed by atoms with Gasteiger partial charge in [-0.15, -0.1) is 6.58 Å². The first-order valence-electron chi connectivity index (χ1n) is 13.4. The van der Waals surface area contributed by atoms with Gasteiger partial charge in [0, 0.05) is 18.6 Å². The predicted molar refractivity (Wildman–Crippen MR) is 154 cm³/mol. The van der Waals surface area contributed by atoms with Crippen LogP contribution >= 0.6 is 0 Å². The van der Waals surface area contributed by atoms with Gasteiger partial charge < -0.3 is 23.4 Å². The summed E-state index contributed by atoms with van der Waals surface area (Å²) in [4.78, 5) is 0. The Labute approximate surface area is 223 Å². The van der Waals surface area contributed by atoms with Crippen LogP contribution in [0.1, 0.15) is 74.3 Å². The molecule has 0 bridgehead atoms.